The van der Waals surface area contributed by atoms with Crippen molar-refractivity contribution in [2.45, 2.75) is 31.1 Å². The van der Waals surface area contributed by atoms with Crippen LogP contribution in [0, 0.1) is 0 Å². The number of nitrogens with zero attached hydrogens (tertiary/aromatic N) is 3. The van der Waals surface area contributed by atoms with E-state index in [2.05, 4.69) is 22.1 Å². The van der Waals surface area contributed by atoms with Crippen molar-refractivity contribution in [2.24, 2.45) is 0 Å². The minimum atomic E-state index is -1.23. The summed E-state index contributed by atoms with van der Waals surface area (Å²) in [4.78, 5) is 38.7. The van der Waals surface area contributed by atoms with Crippen LogP contribution in [0.25, 0.3) is 11.0 Å². The second-order valence-corrected chi connectivity index (χ2v) is 8.81. The Hall–Kier alpha value is -4.20. The molecule has 178 valence electrons. The summed E-state index contributed by atoms with van der Waals surface area (Å²) in [6.07, 6.45) is 4.36. The lowest BCUT2D eigenvalue weighted by molar-refractivity contribution is -0.130. The number of amides is 2. The molecule has 5 rings (SSSR count). The van der Waals surface area contributed by atoms with Crippen LogP contribution < -0.4 is 4.74 Å². The third-order valence-electron chi connectivity index (χ3n) is 6.79. The van der Waals surface area contributed by atoms with Gasteiger partial charge in [0.25, 0.3) is 0 Å². The van der Waals surface area contributed by atoms with Gasteiger partial charge in [0.05, 0.1) is 18.0 Å². The number of methoxy groups -OCH3 is 1. The number of nitrogens with one attached hydrogen (secondary N) is 1. The number of carboxylic acid groups (broad SMARTS) is 1. The summed E-state index contributed by atoms with van der Waals surface area (Å²) < 4.78 is 5.58. The first-order valence-electron chi connectivity index (χ1n) is 11.6. The number of pyridine rings is 1. The number of rotatable bonds is 7. The lowest BCUT2D eigenvalue weighted by Gasteiger charge is -2.28. The van der Waals surface area contributed by atoms with Gasteiger partial charge in [-0.1, -0.05) is 36.4 Å². The predicted molar refractivity (Wildman–Crippen MR) is 130 cm³/mol. The normalized spacial score (nSPS) is 17.7. The summed E-state index contributed by atoms with van der Waals surface area (Å²) in [6.45, 7) is 0.141. The number of aromatic amines is 1. The maximum Gasteiger partial charge on any atom is 0.414 e. The van der Waals surface area contributed by atoms with Crippen LogP contribution in [0.5, 0.6) is 5.75 Å². The summed E-state index contributed by atoms with van der Waals surface area (Å²) in [6, 6.07) is 17.6. The van der Waals surface area contributed by atoms with Gasteiger partial charge in [-0.3, -0.25) is 9.78 Å². The van der Waals surface area contributed by atoms with Gasteiger partial charge in [0.15, 0.2) is 0 Å². The number of carbonyl (C=O) groups excluding carboxylic acids is 1. The van der Waals surface area contributed by atoms with Gasteiger partial charge >= 0.3 is 6.09 Å². The van der Waals surface area contributed by atoms with Crippen LogP contribution in [0.4, 0.5) is 4.79 Å². The van der Waals surface area contributed by atoms with E-state index in [1.54, 1.807) is 19.5 Å². The van der Waals surface area contributed by atoms with Gasteiger partial charge in [0, 0.05) is 25.4 Å². The molecule has 0 saturated carbocycles. The second kappa shape index (κ2) is 9.21. The van der Waals surface area contributed by atoms with Crippen LogP contribution in [0.2, 0.25) is 0 Å². The maximum absolute atomic E-state index is 13.7. The highest BCUT2D eigenvalue weighted by atomic mass is 16.5. The molecule has 1 atom stereocenters. The van der Waals surface area contributed by atoms with E-state index >= 15 is 0 Å². The molecule has 0 radical (unpaired) electrons. The monoisotopic (exact) mass is 470 g/mol. The number of imide groups is 1. The molecule has 8 nitrogen and oxygen atoms in total. The van der Waals surface area contributed by atoms with Gasteiger partial charge in [-0.2, -0.15) is 0 Å². The predicted octanol–water partition coefficient (Wildman–Crippen LogP) is 4.14. The zero-order chi connectivity index (χ0) is 24.4. The Morgan fingerprint density at radius 2 is 1.86 bits per heavy atom. The van der Waals surface area contributed by atoms with Crippen molar-refractivity contribution < 1.29 is 19.4 Å². The largest absolute Gasteiger partial charge is 0.494 e. The Balaban J connectivity index is 1.61. The third kappa shape index (κ3) is 4.12. The van der Waals surface area contributed by atoms with Gasteiger partial charge < -0.3 is 14.8 Å². The van der Waals surface area contributed by atoms with Crippen molar-refractivity contribution in [3.63, 3.8) is 0 Å². The number of ether oxygens (including phenoxy) is 1. The number of aryl methyl sites for hydroxylation is 2. The SMILES string of the molecule is COc1ccc(C2(Cc3ccncc3)CCN(C(=O)O)C2=O)c2[nH]c(CCc3ccccc3)nc12. The fourth-order valence-electron chi connectivity index (χ4n) is 5.02. The van der Waals surface area contributed by atoms with Crippen LogP contribution in [0.3, 0.4) is 0 Å². The summed E-state index contributed by atoms with van der Waals surface area (Å²) in [5, 5.41) is 9.66. The molecule has 1 saturated heterocycles. The van der Waals surface area contributed by atoms with Crippen LogP contribution in [0.1, 0.15) is 28.9 Å². The number of imidazole rings is 1. The molecule has 4 aromatic rings. The second-order valence-electron chi connectivity index (χ2n) is 8.81. The topological polar surface area (TPSA) is 108 Å². The minimum absolute atomic E-state index is 0.141. The average Bonchev–Trinajstić information content (AvgIpc) is 3.45. The Morgan fingerprint density at radius 3 is 2.54 bits per heavy atom. The zero-order valence-corrected chi connectivity index (χ0v) is 19.4. The maximum atomic E-state index is 13.7. The van der Waals surface area contributed by atoms with Crippen molar-refractivity contribution in [2.75, 3.05) is 13.7 Å². The number of hydrogen-bond acceptors (Lipinski definition) is 5. The number of aromatic nitrogens is 3. The molecule has 2 amide bonds. The molecule has 1 unspecified atom stereocenters. The van der Waals surface area contributed by atoms with Crippen molar-refractivity contribution in [3.05, 3.63) is 89.5 Å². The van der Waals surface area contributed by atoms with Crippen LogP contribution in [0.15, 0.2) is 67.0 Å². The molecule has 35 heavy (non-hydrogen) atoms. The first-order chi connectivity index (χ1) is 17.0. The molecule has 3 heterocycles. The van der Waals surface area contributed by atoms with E-state index in [1.165, 1.54) is 5.56 Å². The fourth-order valence-corrected chi connectivity index (χ4v) is 5.02. The molecule has 0 spiro atoms. The molecular weight excluding hydrogens is 444 g/mol. The zero-order valence-electron chi connectivity index (χ0n) is 19.4. The van der Waals surface area contributed by atoms with Gasteiger partial charge in [0.2, 0.25) is 5.91 Å². The highest BCUT2D eigenvalue weighted by Crippen LogP contribution is 2.43. The number of benzene rings is 2. The van der Waals surface area contributed by atoms with E-state index < -0.39 is 17.4 Å². The molecule has 2 aromatic heterocycles. The van der Waals surface area contributed by atoms with Gasteiger partial charge in [-0.05, 0) is 54.2 Å². The Labute approximate surface area is 202 Å². The fraction of sp³-hybridized carbons (Fsp3) is 0.259. The summed E-state index contributed by atoms with van der Waals surface area (Å²) in [7, 11) is 1.59. The van der Waals surface area contributed by atoms with Crippen molar-refractivity contribution in [3.8, 4) is 5.75 Å². The van der Waals surface area contributed by atoms with Crippen molar-refractivity contribution >= 4 is 23.0 Å². The van der Waals surface area contributed by atoms with E-state index in [1.807, 2.05) is 42.5 Å². The first-order valence-corrected chi connectivity index (χ1v) is 11.6. The van der Waals surface area contributed by atoms with Crippen LogP contribution >= 0.6 is 0 Å². The summed E-state index contributed by atoms with van der Waals surface area (Å²) in [5.74, 6) is 0.966. The highest BCUT2D eigenvalue weighted by Gasteiger charge is 2.51. The molecule has 1 aliphatic rings. The molecular formula is C27H26N4O4. The summed E-state index contributed by atoms with van der Waals surface area (Å²) in [5.41, 5.74) is 3.15. The van der Waals surface area contributed by atoms with E-state index in [0.717, 1.165) is 28.3 Å². The van der Waals surface area contributed by atoms with Crippen LogP contribution in [-0.2, 0) is 29.5 Å². The third-order valence-corrected chi connectivity index (χ3v) is 6.79. The molecule has 1 fully saturated rings. The molecule has 2 N–H and O–H groups in total. The standard InChI is InChI=1S/C27H26N4O4/c1-35-21-9-8-20(23-24(21)30-22(29-23)10-7-18-5-3-2-4-6-18)27(17-19-11-14-28-15-12-19)13-16-31(25(27)32)26(33)34/h2-6,8-9,11-12,14-15H,7,10,13,16-17H2,1H3,(H,29,30)(H,33,34). The van der Waals surface area contributed by atoms with E-state index in [9.17, 15) is 14.7 Å². The lowest BCUT2D eigenvalue weighted by atomic mass is 9.73. The quantitative estimate of drug-likeness (QED) is 0.420. The number of likely N-dealkylation sites (tertiary alicyclic amines) is 1. The van der Waals surface area contributed by atoms with Gasteiger partial charge in [-0.25, -0.2) is 14.7 Å². The Bertz CT molecular complexity index is 1370. The van der Waals surface area contributed by atoms with E-state index in [4.69, 9.17) is 9.72 Å². The summed E-state index contributed by atoms with van der Waals surface area (Å²) >= 11 is 0. The number of H-pyrrole nitrogens is 1. The number of fused-ring (bicyclic) bond motifs is 1. The van der Waals surface area contributed by atoms with Crippen molar-refractivity contribution in [1.82, 2.24) is 19.9 Å². The molecule has 1 aliphatic heterocycles. The lowest BCUT2D eigenvalue weighted by Crippen LogP contribution is -2.41. The first kappa shape index (κ1) is 22.6. The van der Waals surface area contributed by atoms with E-state index in [0.29, 0.717) is 36.0 Å². The highest BCUT2D eigenvalue weighted by molar-refractivity contribution is 6.03. The Kier molecular flexibility index (Phi) is 5.94. The smallest absolute Gasteiger partial charge is 0.414 e. The molecule has 0 bridgehead atoms. The van der Waals surface area contributed by atoms with Crippen LogP contribution in [-0.4, -0.2) is 50.6 Å². The van der Waals surface area contributed by atoms with Gasteiger partial charge in [0.1, 0.15) is 17.1 Å². The van der Waals surface area contributed by atoms with Crippen molar-refractivity contribution in [1.29, 1.82) is 0 Å². The van der Waals surface area contributed by atoms with E-state index in [-0.39, 0.29) is 6.54 Å². The Morgan fingerprint density at radius 1 is 1.09 bits per heavy atom. The van der Waals surface area contributed by atoms with Gasteiger partial charge in [-0.15, -0.1) is 0 Å². The molecule has 0 aliphatic carbocycles. The number of carbonyl (C=O) groups is 2. The molecule has 2 aromatic carbocycles. The number of hydrogen-bond donors (Lipinski definition) is 2. The minimum Gasteiger partial charge on any atom is -0.494 e. The molecule has 8 heteroatoms. The average molecular weight is 471 g/mol.